The zero-order valence-electron chi connectivity index (χ0n) is 15.1. The summed E-state index contributed by atoms with van der Waals surface area (Å²) in [5, 5.41) is 10.8. The zero-order valence-corrected chi connectivity index (χ0v) is 15.1. The summed E-state index contributed by atoms with van der Waals surface area (Å²) in [5.74, 6) is 1.12. The van der Waals surface area contributed by atoms with Crippen molar-refractivity contribution < 1.29 is 14.7 Å². The SMILES string of the molecule is CCC1=[N+](O)c2c(ccc3c2C=CC(C)(C)O3)C1CC(C)(C)C. The van der Waals surface area contributed by atoms with Crippen molar-refractivity contribution in [2.45, 2.75) is 65.9 Å². The van der Waals surface area contributed by atoms with E-state index in [1.807, 2.05) is 13.8 Å². The molecule has 0 aliphatic carbocycles. The summed E-state index contributed by atoms with van der Waals surface area (Å²) in [4.78, 5) is 0. The molecule has 0 radical (unpaired) electrons. The number of rotatable bonds is 2. The van der Waals surface area contributed by atoms with E-state index < -0.39 is 0 Å². The molecule has 0 bridgehead atoms. The number of benzene rings is 1. The van der Waals surface area contributed by atoms with E-state index in [-0.39, 0.29) is 16.9 Å². The van der Waals surface area contributed by atoms with Gasteiger partial charge in [-0.3, -0.25) is 5.21 Å². The fourth-order valence-corrected chi connectivity index (χ4v) is 3.68. The normalized spacial score (nSPS) is 21.9. The second kappa shape index (κ2) is 5.12. The second-order valence-electron chi connectivity index (χ2n) is 8.43. The summed E-state index contributed by atoms with van der Waals surface area (Å²) >= 11 is 0. The fourth-order valence-electron chi connectivity index (χ4n) is 3.68. The summed E-state index contributed by atoms with van der Waals surface area (Å²) in [5.41, 5.74) is 4.10. The Morgan fingerprint density at radius 3 is 2.57 bits per heavy atom. The Balaban J connectivity index is 2.14. The van der Waals surface area contributed by atoms with E-state index in [0.29, 0.717) is 0 Å². The molecular formula is C20H28NO2+. The van der Waals surface area contributed by atoms with Gasteiger partial charge in [0.25, 0.3) is 5.69 Å². The maximum Gasteiger partial charge on any atom is 0.272 e. The Morgan fingerprint density at radius 1 is 1.26 bits per heavy atom. The Hall–Kier alpha value is -1.77. The molecule has 1 aromatic rings. The summed E-state index contributed by atoms with van der Waals surface area (Å²) in [6.45, 7) is 13.0. The minimum absolute atomic E-state index is 0.206. The van der Waals surface area contributed by atoms with Gasteiger partial charge in [-0.05, 0) is 50.0 Å². The predicted octanol–water partition coefficient (Wildman–Crippen LogP) is 5.29. The van der Waals surface area contributed by atoms with E-state index in [1.165, 1.54) is 10.3 Å². The van der Waals surface area contributed by atoms with Crippen molar-refractivity contribution in [3.8, 4) is 5.75 Å². The molecule has 0 fully saturated rings. The smallest absolute Gasteiger partial charge is 0.272 e. The van der Waals surface area contributed by atoms with Gasteiger partial charge >= 0.3 is 0 Å². The Kier molecular flexibility index (Phi) is 3.58. The van der Waals surface area contributed by atoms with Crippen LogP contribution in [0.3, 0.4) is 0 Å². The molecule has 0 amide bonds. The van der Waals surface area contributed by atoms with Crippen molar-refractivity contribution in [3.05, 3.63) is 29.3 Å². The molecule has 2 aliphatic rings. The predicted molar refractivity (Wildman–Crippen MR) is 94.0 cm³/mol. The average Bonchev–Trinajstić information content (AvgIpc) is 2.68. The molecule has 0 saturated carbocycles. The minimum Gasteiger partial charge on any atom is -0.483 e. The molecule has 0 spiro atoms. The summed E-state index contributed by atoms with van der Waals surface area (Å²) < 4.78 is 7.48. The highest BCUT2D eigenvalue weighted by Gasteiger charge is 2.44. The monoisotopic (exact) mass is 314 g/mol. The highest BCUT2D eigenvalue weighted by molar-refractivity contribution is 5.93. The van der Waals surface area contributed by atoms with E-state index in [1.54, 1.807) is 0 Å². The van der Waals surface area contributed by atoms with Crippen LogP contribution in [0.5, 0.6) is 5.75 Å². The lowest BCUT2D eigenvalue weighted by atomic mass is 9.79. The molecule has 1 atom stereocenters. The second-order valence-corrected chi connectivity index (χ2v) is 8.43. The van der Waals surface area contributed by atoms with Crippen molar-refractivity contribution in [2.75, 3.05) is 0 Å². The standard InChI is InChI=1S/C20H28NO2/c1-7-16-15(12-19(2,3)4)13-8-9-17-14(18(13)21(16)22)10-11-20(5,6)23-17/h8-11,15,22H,7,12H2,1-6H3/q+1. The van der Waals surface area contributed by atoms with Gasteiger partial charge < -0.3 is 4.74 Å². The number of nitrogens with zero attached hydrogens (tertiary/aromatic N) is 1. The third kappa shape index (κ3) is 2.77. The van der Waals surface area contributed by atoms with Crippen LogP contribution in [0.15, 0.2) is 18.2 Å². The molecule has 2 heterocycles. The number of hydrogen-bond acceptors (Lipinski definition) is 2. The van der Waals surface area contributed by atoms with Crippen molar-refractivity contribution in [1.82, 2.24) is 0 Å². The van der Waals surface area contributed by atoms with Crippen molar-refractivity contribution in [2.24, 2.45) is 5.41 Å². The van der Waals surface area contributed by atoms with Crippen molar-refractivity contribution in [1.29, 1.82) is 0 Å². The van der Waals surface area contributed by atoms with Gasteiger partial charge in [0.1, 0.15) is 11.4 Å². The Labute approximate surface area is 139 Å². The molecule has 0 saturated heterocycles. The first-order chi connectivity index (χ1) is 10.6. The topological polar surface area (TPSA) is 32.5 Å². The van der Waals surface area contributed by atoms with Gasteiger partial charge in [0.15, 0.2) is 0 Å². The van der Waals surface area contributed by atoms with Gasteiger partial charge in [-0.15, -0.1) is 0 Å². The lowest BCUT2D eigenvalue weighted by Crippen LogP contribution is -2.27. The number of ether oxygens (including phenoxy) is 1. The third-order valence-electron chi connectivity index (χ3n) is 4.67. The minimum atomic E-state index is -0.303. The number of fused-ring (bicyclic) bond motifs is 3. The molecule has 1 N–H and O–H groups in total. The van der Waals surface area contributed by atoms with Crippen LogP contribution >= 0.6 is 0 Å². The molecule has 3 nitrogen and oxygen atoms in total. The molecule has 2 aliphatic heterocycles. The first kappa shape index (κ1) is 16.1. The zero-order chi connectivity index (χ0) is 17.0. The summed E-state index contributed by atoms with van der Waals surface area (Å²) in [6.07, 6.45) is 6.02. The van der Waals surface area contributed by atoms with Crippen LogP contribution in [0.1, 0.15) is 71.4 Å². The molecule has 124 valence electrons. The first-order valence-electron chi connectivity index (χ1n) is 8.53. The van der Waals surface area contributed by atoms with Crippen LogP contribution in [-0.2, 0) is 0 Å². The maximum absolute atomic E-state index is 10.8. The van der Waals surface area contributed by atoms with E-state index in [2.05, 4.69) is 52.0 Å². The van der Waals surface area contributed by atoms with E-state index >= 15 is 0 Å². The van der Waals surface area contributed by atoms with Crippen molar-refractivity contribution in [3.63, 3.8) is 0 Å². The average molecular weight is 314 g/mol. The van der Waals surface area contributed by atoms with Gasteiger partial charge in [0.2, 0.25) is 5.71 Å². The van der Waals surface area contributed by atoms with Gasteiger partial charge in [-0.25, -0.2) is 0 Å². The van der Waals surface area contributed by atoms with Crippen LogP contribution in [0.25, 0.3) is 6.08 Å². The molecule has 1 aromatic carbocycles. The van der Waals surface area contributed by atoms with Crippen LogP contribution in [0.4, 0.5) is 5.69 Å². The molecule has 3 heteroatoms. The Bertz CT molecular complexity index is 705. The molecule has 0 aromatic heterocycles. The molecular weight excluding hydrogens is 286 g/mol. The van der Waals surface area contributed by atoms with Gasteiger partial charge in [0, 0.05) is 16.7 Å². The van der Waals surface area contributed by atoms with E-state index in [4.69, 9.17) is 4.74 Å². The highest BCUT2D eigenvalue weighted by atomic mass is 16.5. The maximum atomic E-state index is 10.8. The molecule has 1 unspecified atom stereocenters. The fraction of sp³-hybridized carbons (Fsp3) is 0.550. The van der Waals surface area contributed by atoms with Crippen LogP contribution in [0, 0.1) is 5.41 Å². The third-order valence-corrected chi connectivity index (χ3v) is 4.67. The van der Waals surface area contributed by atoms with E-state index in [9.17, 15) is 5.21 Å². The van der Waals surface area contributed by atoms with Crippen molar-refractivity contribution >= 4 is 17.5 Å². The molecule has 23 heavy (non-hydrogen) atoms. The first-order valence-corrected chi connectivity index (χ1v) is 8.53. The largest absolute Gasteiger partial charge is 0.483 e. The highest BCUT2D eigenvalue weighted by Crippen LogP contribution is 2.47. The molecule has 3 rings (SSSR count). The summed E-state index contributed by atoms with van der Waals surface area (Å²) in [6, 6.07) is 4.19. The van der Waals surface area contributed by atoms with Gasteiger partial charge in [-0.1, -0.05) is 27.7 Å². The van der Waals surface area contributed by atoms with Gasteiger partial charge in [0.05, 0.1) is 11.5 Å². The van der Waals surface area contributed by atoms with E-state index in [0.717, 1.165) is 35.6 Å². The lowest BCUT2D eigenvalue weighted by Gasteiger charge is -2.28. The van der Waals surface area contributed by atoms with Crippen LogP contribution in [0.2, 0.25) is 0 Å². The van der Waals surface area contributed by atoms with Gasteiger partial charge in [-0.2, -0.15) is 0 Å². The number of hydrogen-bond donors (Lipinski definition) is 1. The lowest BCUT2D eigenvalue weighted by molar-refractivity contribution is -0.712. The van der Waals surface area contributed by atoms with Crippen LogP contribution in [-0.4, -0.2) is 21.3 Å². The Morgan fingerprint density at radius 2 is 1.96 bits per heavy atom. The van der Waals surface area contributed by atoms with Crippen LogP contribution < -0.4 is 4.74 Å². The summed E-state index contributed by atoms with van der Waals surface area (Å²) in [7, 11) is 0. The quantitative estimate of drug-likeness (QED) is 0.594.